The zero-order chi connectivity index (χ0) is 12.0. The van der Waals surface area contributed by atoms with Crippen molar-refractivity contribution >= 4 is 11.7 Å². The van der Waals surface area contributed by atoms with Crippen LogP contribution in [-0.2, 0) is 4.79 Å². The molecular weight excluding hydrogens is 204 g/mol. The predicted molar refractivity (Wildman–Crippen MR) is 61.1 cm³/mol. The molecule has 1 aromatic carbocycles. The molecule has 1 atom stereocenters. The molecule has 0 amide bonds. The summed E-state index contributed by atoms with van der Waals surface area (Å²) in [6.45, 7) is 1.94. The van der Waals surface area contributed by atoms with Gasteiger partial charge in [-0.1, -0.05) is 13.3 Å². The Hall–Kier alpha value is -2.02. The molecule has 16 heavy (non-hydrogen) atoms. The average Bonchev–Trinajstić information content (AvgIpc) is 2.29. The van der Waals surface area contributed by atoms with Gasteiger partial charge < -0.3 is 10.4 Å². The van der Waals surface area contributed by atoms with Gasteiger partial charge in [-0.2, -0.15) is 5.26 Å². The quantitative estimate of drug-likeness (QED) is 0.794. The topological polar surface area (TPSA) is 73.1 Å². The Morgan fingerprint density at radius 1 is 1.50 bits per heavy atom. The second-order valence-corrected chi connectivity index (χ2v) is 3.51. The van der Waals surface area contributed by atoms with E-state index in [0.29, 0.717) is 12.0 Å². The van der Waals surface area contributed by atoms with Crippen molar-refractivity contribution in [3.05, 3.63) is 29.8 Å². The number of carbonyl (C=O) groups is 1. The molecular formula is C12H14N2O2. The fourth-order valence-corrected chi connectivity index (χ4v) is 1.39. The molecule has 1 unspecified atom stereocenters. The Bertz CT molecular complexity index is 392. The smallest absolute Gasteiger partial charge is 0.326 e. The lowest BCUT2D eigenvalue weighted by molar-refractivity contribution is -0.138. The number of nitrogens with zero attached hydrogens (tertiary/aromatic N) is 1. The molecule has 0 saturated carbocycles. The van der Waals surface area contributed by atoms with Crippen LogP contribution in [0.15, 0.2) is 24.3 Å². The fourth-order valence-electron chi connectivity index (χ4n) is 1.39. The number of rotatable bonds is 5. The molecule has 0 aliphatic rings. The van der Waals surface area contributed by atoms with Crippen LogP contribution in [0.4, 0.5) is 5.69 Å². The molecule has 0 radical (unpaired) electrons. The summed E-state index contributed by atoms with van der Waals surface area (Å²) in [5, 5.41) is 20.5. The van der Waals surface area contributed by atoms with Crippen LogP contribution in [0, 0.1) is 11.3 Å². The molecule has 0 fully saturated rings. The van der Waals surface area contributed by atoms with Crippen molar-refractivity contribution in [2.24, 2.45) is 0 Å². The second-order valence-electron chi connectivity index (χ2n) is 3.51. The van der Waals surface area contributed by atoms with E-state index < -0.39 is 12.0 Å². The summed E-state index contributed by atoms with van der Waals surface area (Å²) in [6, 6.07) is 8.18. The van der Waals surface area contributed by atoms with Crippen LogP contribution in [0.3, 0.4) is 0 Å². The van der Waals surface area contributed by atoms with Gasteiger partial charge in [0.15, 0.2) is 0 Å². The highest BCUT2D eigenvalue weighted by Gasteiger charge is 2.15. The standard InChI is InChI=1S/C12H14N2O2/c1-2-3-11(12(15)16)14-10-6-4-9(8-13)5-7-10/h4-7,11,14H,2-3H2,1H3,(H,15,16). The van der Waals surface area contributed by atoms with E-state index >= 15 is 0 Å². The number of nitriles is 1. The van der Waals surface area contributed by atoms with Crippen LogP contribution >= 0.6 is 0 Å². The Kier molecular flexibility index (Phi) is 4.34. The van der Waals surface area contributed by atoms with Crippen molar-refractivity contribution in [3.63, 3.8) is 0 Å². The van der Waals surface area contributed by atoms with Gasteiger partial charge in [-0.3, -0.25) is 0 Å². The minimum atomic E-state index is -0.855. The summed E-state index contributed by atoms with van der Waals surface area (Å²) in [7, 11) is 0. The first kappa shape index (κ1) is 12.1. The fraction of sp³-hybridized carbons (Fsp3) is 0.333. The molecule has 0 aromatic heterocycles. The normalized spacial score (nSPS) is 11.5. The third-order valence-corrected chi connectivity index (χ3v) is 2.23. The molecule has 84 valence electrons. The maximum Gasteiger partial charge on any atom is 0.326 e. The summed E-state index contributed by atoms with van der Waals surface area (Å²) in [4.78, 5) is 10.9. The first-order valence-corrected chi connectivity index (χ1v) is 5.17. The molecule has 0 heterocycles. The zero-order valence-corrected chi connectivity index (χ0v) is 9.10. The van der Waals surface area contributed by atoms with Gasteiger partial charge in [0.2, 0.25) is 0 Å². The molecule has 2 N–H and O–H groups in total. The number of aliphatic carboxylic acids is 1. The molecule has 0 aliphatic heterocycles. The molecule has 1 rings (SSSR count). The van der Waals surface area contributed by atoms with E-state index in [-0.39, 0.29) is 0 Å². The largest absolute Gasteiger partial charge is 0.480 e. The summed E-state index contributed by atoms with van der Waals surface area (Å²) in [5.41, 5.74) is 1.28. The number of hydrogen-bond donors (Lipinski definition) is 2. The second kappa shape index (κ2) is 5.76. The number of carboxylic acid groups (broad SMARTS) is 1. The van der Waals surface area contributed by atoms with E-state index in [2.05, 4.69) is 5.32 Å². The van der Waals surface area contributed by atoms with E-state index in [9.17, 15) is 4.79 Å². The highest BCUT2D eigenvalue weighted by molar-refractivity contribution is 5.77. The predicted octanol–water partition coefficient (Wildman–Crippen LogP) is 2.22. The Labute approximate surface area is 94.5 Å². The van der Waals surface area contributed by atoms with Gasteiger partial charge in [-0.15, -0.1) is 0 Å². The molecule has 0 aliphatic carbocycles. The van der Waals surface area contributed by atoms with Gasteiger partial charge in [0.25, 0.3) is 0 Å². The number of carboxylic acids is 1. The van der Waals surface area contributed by atoms with Gasteiger partial charge >= 0.3 is 5.97 Å². The van der Waals surface area contributed by atoms with Gasteiger partial charge in [0.05, 0.1) is 11.6 Å². The molecule has 0 spiro atoms. The minimum Gasteiger partial charge on any atom is -0.480 e. The number of hydrogen-bond acceptors (Lipinski definition) is 3. The van der Waals surface area contributed by atoms with Crippen LogP contribution in [0.2, 0.25) is 0 Å². The maximum atomic E-state index is 10.9. The van der Waals surface area contributed by atoms with Crippen molar-refractivity contribution in [2.45, 2.75) is 25.8 Å². The Morgan fingerprint density at radius 2 is 2.12 bits per heavy atom. The summed E-state index contributed by atoms with van der Waals surface area (Å²) < 4.78 is 0. The van der Waals surface area contributed by atoms with Crippen molar-refractivity contribution in [2.75, 3.05) is 5.32 Å². The highest BCUT2D eigenvalue weighted by atomic mass is 16.4. The molecule has 0 bridgehead atoms. The highest BCUT2D eigenvalue weighted by Crippen LogP contribution is 2.12. The Balaban J connectivity index is 2.70. The van der Waals surface area contributed by atoms with Crippen molar-refractivity contribution < 1.29 is 9.90 Å². The Morgan fingerprint density at radius 3 is 2.56 bits per heavy atom. The average molecular weight is 218 g/mol. The minimum absolute atomic E-state index is 0.563. The number of benzene rings is 1. The van der Waals surface area contributed by atoms with Crippen molar-refractivity contribution in [3.8, 4) is 6.07 Å². The van der Waals surface area contributed by atoms with E-state index in [1.807, 2.05) is 13.0 Å². The van der Waals surface area contributed by atoms with Crippen LogP contribution < -0.4 is 5.32 Å². The molecule has 1 aromatic rings. The monoisotopic (exact) mass is 218 g/mol. The third-order valence-electron chi connectivity index (χ3n) is 2.23. The lowest BCUT2D eigenvalue weighted by Crippen LogP contribution is -2.28. The summed E-state index contributed by atoms with van der Waals surface area (Å²) in [6.07, 6.45) is 1.38. The van der Waals surface area contributed by atoms with Crippen LogP contribution in [0.5, 0.6) is 0 Å². The van der Waals surface area contributed by atoms with Gasteiger partial charge in [-0.25, -0.2) is 4.79 Å². The van der Waals surface area contributed by atoms with Gasteiger partial charge in [-0.05, 0) is 30.7 Å². The van der Waals surface area contributed by atoms with Crippen molar-refractivity contribution in [1.82, 2.24) is 0 Å². The van der Waals surface area contributed by atoms with E-state index in [1.54, 1.807) is 24.3 Å². The van der Waals surface area contributed by atoms with E-state index in [1.165, 1.54) is 0 Å². The third kappa shape index (κ3) is 3.28. The van der Waals surface area contributed by atoms with Crippen LogP contribution in [0.1, 0.15) is 25.3 Å². The first-order chi connectivity index (χ1) is 7.67. The van der Waals surface area contributed by atoms with Crippen LogP contribution in [-0.4, -0.2) is 17.1 Å². The number of nitrogens with one attached hydrogen (secondary N) is 1. The maximum absolute atomic E-state index is 10.9. The lowest BCUT2D eigenvalue weighted by atomic mass is 10.1. The molecule has 0 saturated heterocycles. The van der Waals surface area contributed by atoms with Gasteiger partial charge in [0, 0.05) is 5.69 Å². The van der Waals surface area contributed by atoms with E-state index in [0.717, 1.165) is 12.1 Å². The first-order valence-electron chi connectivity index (χ1n) is 5.17. The van der Waals surface area contributed by atoms with Crippen LogP contribution in [0.25, 0.3) is 0 Å². The zero-order valence-electron chi connectivity index (χ0n) is 9.10. The molecule has 4 nitrogen and oxygen atoms in total. The SMILES string of the molecule is CCCC(Nc1ccc(C#N)cc1)C(=O)O. The lowest BCUT2D eigenvalue weighted by Gasteiger charge is -2.14. The summed E-state index contributed by atoms with van der Waals surface area (Å²) >= 11 is 0. The van der Waals surface area contributed by atoms with E-state index in [4.69, 9.17) is 10.4 Å². The van der Waals surface area contributed by atoms with Gasteiger partial charge in [0.1, 0.15) is 6.04 Å². The van der Waals surface area contributed by atoms with Crippen molar-refractivity contribution in [1.29, 1.82) is 5.26 Å². The number of anilines is 1. The molecule has 4 heteroatoms. The summed E-state index contributed by atoms with van der Waals surface area (Å²) in [5.74, 6) is -0.855.